The van der Waals surface area contributed by atoms with Crippen LogP contribution in [-0.2, 0) is 35.0 Å². The number of carbonyl (C=O) groups is 3. The number of benzene rings is 1. The smallest absolute Gasteiger partial charge is 0.409 e. The minimum absolute atomic E-state index is 0.0108. The highest BCUT2D eigenvalue weighted by Crippen LogP contribution is 2.49. The maximum atomic E-state index is 13.7. The van der Waals surface area contributed by atoms with Gasteiger partial charge in [0.15, 0.2) is 5.72 Å². The molecule has 0 unspecified atom stereocenters. The van der Waals surface area contributed by atoms with Crippen LogP contribution in [0.25, 0.3) is 0 Å². The first-order valence-corrected chi connectivity index (χ1v) is 14.7. The molecule has 7 atom stereocenters. The fourth-order valence-electron chi connectivity index (χ4n) is 5.75. The van der Waals surface area contributed by atoms with Crippen molar-refractivity contribution in [2.24, 2.45) is 11.8 Å². The Balaban J connectivity index is 1.78. The van der Waals surface area contributed by atoms with E-state index in [2.05, 4.69) is 5.32 Å². The fraction of sp³-hybridized carbons (Fsp3) is 0.581. The van der Waals surface area contributed by atoms with Crippen molar-refractivity contribution in [3.05, 3.63) is 46.5 Å². The first-order chi connectivity index (χ1) is 20.1. The van der Waals surface area contributed by atoms with Gasteiger partial charge < -0.3 is 34.1 Å². The molecular formula is C31H41ClN2O9. The number of rotatable bonds is 3. The van der Waals surface area contributed by atoms with Crippen molar-refractivity contribution in [2.45, 2.75) is 89.6 Å². The molecule has 0 aliphatic carbocycles. The summed E-state index contributed by atoms with van der Waals surface area (Å²) in [6.07, 6.45) is 1.29. The van der Waals surface area contributed by atoms with E-state index in [-0.39, 0.29) is 23.6 Å². The number of aliphatic hydroxyl groups is 1. The number of nitrogens with zero attached hydrogens (tertiary/aromatic N) is 1. The molecule has 2 fully saturated rings. The Morgan fingerprint density at radius 1 is 1.28 bits per heavy atom. The van der Waals surface area contributed by atoms with Gasteiger partial charge in [0, 0.05) is 26.5 Å². The van der Waals surface area contributed by atoms with Crippen LogP contribution in [0.4, 0.5) is 10.5 Å². The van der Waals surface area contributed by atoms with Crippen LogP contribution in [0.2, 0.25) is 5.02 Å². The van der Waals surface area contributed by atoms with E-state index >= 15 is 0 Å². The Labute approximate surface area is 256 Å². The number of hydrogen-bond acceptors (Lipinski definition) is 9. The van der Waals surface area contributed by atoms with E-state index in [0.29, 0.717) is 17.7 Å². The van der Waals surface area contributed by atoms with Crippen LogP contribution in [0.5, 0.6) is 5.75 Å². The van der Waals surface area contributed by atoms with Gasteiger partial charge in [-0.1, -0.05) is 56.2 Å². The number of ether oxygens (including phenoxy) is 4. The lowest BCUT2D eigenvalue weighted by atomic mass is 9.83. The summed E-state index contributed by atoms with van der Waals surface area (Å²) >= 11 is 6.44. The van der Waals surface area contributed by atoms with E-state index in [1.54, 1.807) is 46.0 Å². The van der Waals surface area contributed by atoms with Crippen LogP contribution in [0.1, 0.15) is 53.0 Å². The van der Waals surface area contributed by atoms with Crippen LogP contribution in [-0.4, -0.2) is 78.1 Å². The molecule has 1 aromatic carbocycles. The lowest BCUT2D eigenvalue weighted by Crippen LogP contribution is -2.63. The number of nitrogens with one attached hydrogen (secondary N) is 1. The first-order valence-electron chi connectivity index (χ1n) is 14.3. The molecule has 3 heterocycles. The van der Waals surface area contributed by atoms with Crippen molar-refractivity contribution in [2.75, 3.05) is 19.1 Å². The maximum Gasteiger partial charge on any atom is 0.409 e. The summed E-state index contributed by atoms with van der Waals surface area (Å²) in [5.41, 5.74) is -0.974. The third-order valence-corrected chi connectivity index (χ3v) is 8.86. The van der Waals surface area contributed by atoms with E-state index in [4.69, 9.17) is 30.5 Å². The van der Waals surface area contributed by atoms with Gasteiger partial charge in [0.05, 0.1) is 24.1 Å². The molecule has 3 aliphatic heterocycles. The highest BCUT2D eigenvalue weighted by atomic mass is 35.5. The molecular weight excluding hydrogens is 580 g/mol. The Bertz CT molecular complexity index is 1330. The van der Waals surface area contributed by atoms with Crippen molar-refractivity contribution in [3.63, 3.8) is 0 Å². The van der Waals surface area contributed by atoms with Gasteiger partial charge in [-0.25, -0.2) is 4.79 Å². The van der Waals surface area contributed by atoms with Crippen molar-refractivity contribution in [1.82, 2.24) is 5.32 Å². The second-order valence-electron chi connectivity index (χ2n) is 12.2. The lowest BCUT2D eigenvalue weighted by Gasteiger charge is -2.42. The van der Waals surface area contributed by atoms with E-state index in [1.807, 2.05) is 19.9 Å². The van der Waals surface area contributed by atoms with E-state index in [1.165, 1.54) is 18.1 Å². The highest BCUT2D eigenvalue weighted by molar-refractivity contribution is 6.35. The maximum absolute atomic E-state index is 13.7. The third-order valence-electron chi connectivity index (χ3n) is 8.47. The number of amides is 2. The number of halogens is 1. The summed E-state index contributed by atoms with van der Waals surface area (Å²) in [4.78, 5) is 40.4. The third kappa shape index (κ3) is 6.85. The number of aromatic hydroxyl groups is 1. The number of anilines is 1. The average Bonchev–Trinajstić information content (AvgIpc) is 3.62. The highest BCUT2D eigenvalue weighted by Gasteiger charge is 2.64. The van der Waals surface area contributed by atoms with Gasteiger partial charge in [-0.05, 0) is 38.0 Å². The predicted octanol–water partition coefficient (Wildman–Crippen LogP) is 4.02. The zero-order valence-corrected chi connectivity index (χ0v) is 26.3. The molecule has 0 radical (unpaired) electrons. The SMILES string of the molecule is CO[C@@H]1/C=C/C=C(/C)Cc2cc(O)c(Cl)c(c2)N(C)C(=O)C[C@H](OC(=O)C(C)C)[C@]2(C)O[C@H]2[C@H](C)[C@@H]2C[C@@]1(O)NC(=O)O2. The van der Waals surface area contributed by atoms with Gasteiger partial charge in [0.2, 0.25) is 5.91 Å². The fourth-order valence-corrected chi connectivity index (χ4v) is 5.98. The van der Waals surface area contributed by atoms with Gasteiger partial charge in [-0.3, -0.25) is 14.9 Å². The molecule has 2 saturated heterocycles. The minimum atomic E-state index is -1.78. The summed E-state index contributed by atoms with van der Waals surface area (Å²) in [7, 11) is 2.97. The molecule has 3 N–H and O–H groups in total. The van der Waals surface area contributed by atoms with Crippen molar-refractivity contribution >= 4 is 35.3 Å². The lowest BCUT2D eigenvalue weighted by molar-refractivity contribution is -0.157. The number of methoxy groups -OCH3 is 1. The van der Waals surface area contributed by atoms with Crippen molar-refractivity contribution in [1.29, 1.82) is 0 Å². The second kappa shape index (κ2) is 12.5. The van der Waals surface area contributed by atoms with Crippen LogP contribution < -0.4 is 10.2 Å². The molecule has 0 spiro atoms. The van der Waals surface area contributed by atoms with Gasteiger partial charge in [0.1, 0.15) is 34.7 Å². The van der Waals surface area contributed by atoms with Crippen LogP contribution >= 0.6 is 11.6 Å². The Kier molecular flexibility index (Phi) is 9.51. The predicted molar refractivity (Wildman–Crippen MR) is 159 cm³/mol. The monoisotopic (exact) mass is 620 g/mol. The second-order valence-corrected chi connectivity index (χ2v) is 12.6. The van der Waals surface area contributed by atoms with Gasteiger partial charge >= 0.3 is 12.1 Å². The van der Waals surface area contributed by atoms with Gasteiger partial charge in [0.25, 0.3) is 0 Å². The number of allylic oxidation sites excluding steroid dienone is 3. The zero-order valence-electron chi connectivity index (χ0n) is 25.5. The van der Waals surface area contributed by atoms with Crippen LogP contribution in [0.3, 0.4) is 0 Å². The molecule has 1 aromatic rings. The number of fused-ring (bicyclic) bond motifs is 5. The number of carbonyl (C=O) groups excluding carboxylic acids is 3. The van der Waals surface area contributed by atoms with Crippen LogP contribution in [0, 0.1) is 11.8 Å². The standard InChI is InChI=1S/C31H41ClN2O9/c1-16(2)28(37)42-24-14-25(36)34(6)20-12-19(13-21(35)26(20)32)11-17(3)9-8-10-23(40-7)31(39)15-22(41-29(38)33-31)18(4)27-30(24,5)43-27/h8-10,12-13,16,18,22-24,27,35,39H,11,14-15H2,1-7H3,(H,33,38)/b10-8+,17-9-/t18-,22+,23-,24+,27+,30+,31+/m1/s1. The summed E-state index contributed by atoms with van der Waals surface area (Å²) < 4.78 is 23.1. The number of phenolic OH excluding ortho intramolecular Hbond substituents is 1. The van der Waals surface area contributed by atoms with E-state index in [9.17, 15) is 24.6 Å². The van der Waals surface area contributed by atoms with Gasteiger partial charge in [-0.15, -0.1) is 0 Å². The normalized spacial score (nSPS) is 35.3. The van der Waals surface area contributed by atoms with E-state index in [0.717, 1.165) is 5.57 Å². The average molecular weight is 621 g/mol. The number of hydrogen-bond donors (Lipinski definition) is 3. The quantitative estimate of drug-likeness (QED) is 0.337. The van der Waals surface area contributed by atoms with Crippen molar-refractivity contribution < 1.29 is 43.5 Å². The number of alkyl carbamates (subject to hydrolysis) is 1. The molecule has 12 heteroatoms. The number of esters is 1. The molecule has 43 heavy (non-hydrogen) atoms. The molecule has 236 valence electrons. The molecule has 0 aromatic heterocycles. The Morgan fingerprint density at radius 2 is 1.98 bits per heavy atom. The topological polar surface area (TPSA) is 147 Å². The summed E-state index contributed by atoms with van der Waals surface area (Å²) in [6, 6.07) is 3.26. The summed E-state index contributed by atoms with van der Waals surface area (Å²) in [5.74, 6) is -2.01. The Hall–Kier alpha value is -3.12. The minimum Gasteiger partial charge on any atom is -0.506 e. The molecule has 4 bridgehead atoms. The number of epoxide rings is 1. The Morgan fingerprint density at radius 3 is 2.63 bits per heavy atom. The molecule has 0 saturated carbocycles. The van der Waals surface area contributed by atoms with Crippen molar-refractivity contribution in [3.8, 4) is 5.75 Å². The summed E-state index contributed by atoms with van der Waals surface area (Å²) in [6.45, 7) is 8.83. The summed E-state index contributed by atoms with van der Waals surface area (Å²) in [5, 5.41) is 24.6. The zero-order chi connectivity index (χ0) is 31.9. The first kappa shape index (κ1) is 32.8. The van der Waals surface area contributed by atoms with Crippen LogP contribution in [0.15, 0.2) is 35.9 Å². The van der Waals surface area contributed by atoms with E-state index < -0.39 is 65.5 Å². The molecule has 2 amide bonds. The largest absolute Gasteiger partial charge is 0.506 e. The van der Waals surface area contributed by atoms with Gasteiger partial charge in [-0.2, -0.15) is 0 Å². The number of phenols is 1. The molecule has 4 rings (SSSR count). The molecule has 11 nitrogen and oxygen atoms in total. The molecule has 3 aliphatic rings.